The maximum Gasteiger partial charge on any atom is 0.0450 e. The van der Waals surface area contributed by atoms with E-state index in [0.29, 0.717) is 4.83 Å². The Morgan fingerprint density at radius 3 is 2.56 bits per heavy atom. The molecule has 0 amide bonds. The molecule has 3 heteroatoms. The summed E-state index contributed by atoms with van der Waals surface area (Å²) in [6.45, 7) is 4.16. The van der Waals surface area contributed by atoms with Crippen LogP contribution in [0.1, 0.15) is 27.2 Å². The summed E-state index contributed by atoms with van der Waals surface area (Å²) in [6.07, 6.45) is 2.82. The van der Waals surface area contributed by atoms with Crippen molar-refractivity contribution in [1.82, 2.24) is 4.98 Å². The first-order chi connectivity index (χ1) is 8.56. The zero-order valence-corrected chi connectivity index (χ0v) is 13.6. The van der Waals surface area contributed by atoms with Gasteiger partial charge in [0.25, 0.3) is 0 Å². The van der Waals surface area contributed by atoms with Crippen LogP contribution in [-0.2, 0) is 6.42 Å². The molecule has 1 heterocycles. The molecule has 0 saturated heterocycles. The van der Waals surface area contributed by atoms with E-state index in [1.54, 1.807) is 0 Å². The van der Waals surface area contributed by atoms with Gasteiger partial charge < -0.3 is 0 Å². The topological polar surface area (TPSA) is 12.9 Å². The van der Waals surface area contributed by atoms with E-state index in [0.717, 1.165) is 16.6 Å². The molecule has 18 heavy (non-hydrogen) atoms. The van der Waals surface area contributed by atoms with Gasteiger partial charge in [-0.05, 0) is 42.7 Å². The standard InChI is InChI=1S/C15H15Br2N/c1-10-3-5-13(18-9-10)8-15(17)12-4-6-14(16)11(2)7-12/h3-7,9,15H,8H2,1-2H3. The number of benzene rings is 1. The molecule has 0 spiro atoms. The molecule has 94 valence electrons. The quantitative estimate of drug-likeness (QED) is 0.683. The van der Waals surface area contributed by atoms with Gasteiger partial charge in [-0.1, -0.05) is 50.1 Å². The predicted octanol–water partition coefficient (Wildman–Crippen LogP) is 5.14. The number of aromatic nitrogens is 1. The summed E-state index contributed by atoms with van der Waals surface area (Å²) in [4.78, 5) is 4.75. The summed E-state index contributed by atoms with van der Waals surface area (Å²) >= 11 is 7.27. The summed E-state index contributed by atoms with van der Waals surface area (Å²) < 4.78 is 1.15. The second-order valence-corrected chi connectivity index (χ2v) is 6.47. The van der Waals surface area contributed by atoms with E-state index in [1.165, 1.54) is 16.7 Å². The number of pyridine rings is 1. The average Bonchev–Trinajstić information content (AvgIpc) is 2.35. The lowest BCUT2D eigenvalue weighted by atomic mass is 10.1. The molecule has 2 aromatic rings. The maximum absolute atomic E-state index is 4.44. The van der Waals surface area contributed by atoms with Crippen LogP contribution < -0.4 is 0 Å². The average molecular weight is 369 g/mol. The third kappa shape index (κ3) is 3.42. The summed E-state index contributed by atoms with van der Waals surface area (Å²) in [5.41, 5.74) is 4.86. The van der Waals surface area contributed by atoms with Crippen LogP contribution in [-0.4, -0.2) is 4.98 Å². The van der Waals surface area contributed by atoms with E-state index in [1.807, 2.05) is 6.20 Å². The molecule has 0 saturated carbocycles. The number of nitrogens with zero attached hydrogens (tertiary/aromatic N) is 1. The Balaban J connectivity index is 2.13. The van der Waals surface area contributed by atoms with Gasteiger partial charge in [-0.3, -0.25) is 4.98 Å². The van der Waals surface area contributed by atoms with E-state index >= 15 is 0 Å². The highest BCUT2D eigenvalue weighted by Gasteiger charge is 2.10. The molecule has 1 unspecified atom stereocenters. The molecule has 0 N–H and O–H groups in total. The zero-order chi connectivity index (χ0) is 13.1. The van der Waals surface area contributed by atoms with E-state index in [-0.39, 0.29) is 0 Å². The van der Waals surface area contributed by atoms with Gasteiger partial charge in [0, 0.05) is 27.6 Å². The van der Waals surface area contributed by atoms with Crippen LogP contribution in [0.4, 0.5) is 0 Å². The van der Waals surface area contributed by atoms with Crippen LogP contribution >= 0.6 is 31.9 Å². The van der Waals surface area contributed by atoms with Crippen molar-refractivity contribution >= 4 is 31.9 Å². The summed E-state index contributed by atoms with van der Waals surface area (Å²) in [5.74, 6) is 0. The molecule has 1 atom stereocenters. The van der Waals surface area contributed by atoms with Crippen molar-refractivity contribution in [3.63, 3.8) is 0 Å². The highest BCUT2D eigenvalue weighted by Crippen LogP contribution is 2.29. The van der Waals surface area contributed by atoms with Crippen LogP contribution in [0.3, 0.4) is 0 Å². The van der Waals surface area contributed by atoms with Crippen LogP contribution in [0.5, 0.6) is 0 Å². The fourth-order valence-electron chi connectivity index (χ4n) is 1.78. The molecular formula is C15H15Br2N. The van der Waals surface area contributed by atoms with Gasteiger partial charge >= 0.3 is 0 Å². The molecule has 0 bridgehead atoms. The SMILES string of the molecule is Cc1ccc(CC(Br)c2ccc(Br)c(C)c2)nc1. The molecule has 1 aromatic heterocycles. The Labute approximate surface area is 125 Å². The Bertz CT molecular complexity index is 535. The molecule has 2 rings (SSSR count). The molecule has 1 aromatic carbocycles. The van der Waals surface area contributed by atoms with Gasteiger partial charge in [0.2, 0.25) is 0 Å². The number of halogens is 2. The van der Waals surface area contributed by atoms with Crippen molar-refractivity contribution in [2.75, 3.05) is 0 Å². The van der Waals surface area contributed by atoms with E-state index in [2.05, 4.69) is 81.0 Å². The lowest BCUT2D eigenvalue weighted by Crippen LogP contribution is -1.98. The first-order valence-electron chi connectivity index (χ1n) is 5.88. The molecule has 0 radical (unpaired) electrons. The van der Waals surface area contributed by atoms with Crippen LogP contribution in [0.2, 0.25) is 0 Å². The van der Waals surface area contributed by atoms with Gasteiger partial charge in [-0.15, -0.1) is 0 Å². The Kier molecular flexibility index (Phi) is 4.57. The minimum Gasteiger partial charge on any atom is -0.261 e. The van der Waals surface area contributed by atoms with Crippen molar-refractivity contribution in [3.05, 3.63) is 63.4 Å². The number of alkyl halides is 1. The first-order valence-corrected chi connectivity index (χ1v) is 7.59. The molecule has 0 aliphatic rings. The summed E-state index contributed by atoms with van der Waals surface area (Å²) in [6, 6.07) is 10.6. The highest BCUT2D eigenvalue weighted by atomic mass is 79.9. The van der Waals surface area contributed by atoms with Crippen molar-refractivity contribution in [2.24, 2.45) is 0 Å². The molecule has 0 aliphatic carbocycles. The number of rotatable bonds is 3. The number of aryl methyl sites for hydroxylation is 2. The van der Waals surface area contributed by atoms with Gasteiger partial charge in [0.15, 0.2) is 0 Å². The van der Waals surface area contributed by atoms with Gasteiger partial charge in [-0.25, -0.2) is 0 Å². The molecule has 0 aliphatic heterocycles. The summed E-state index contributed by atoms with van der Waals surface area (Å²) in [5, 5.41) is 0. The number of hydrogen-bond acceptors (Lipinski definition) is 1. The van der Waals surface area contributed by atoms with E-state index < -0.39 is 0 Å². The minimum absolute atomic E-state index is 0.305. The Morgan fingerprint density at radius 1 is 1.17 bits per heavy atom. The van der Waals surface area contributed by atoms with Crippen molar-refractivity contribution in [2.45, 2.75) is 25.1 Å². The third-order valence-corrected chi connectivity index (χ3v) is 4.65. The number of hydrogen-bond donors (Lipinski definition) is 0. The first kappa shape index (κ1) is 13.8. The predicted molar refractivity (Wildman–Crippen MR) is 83.2 cm³/mol. The second-order valence-electron chi connectivity index (χ2n) is 4.51. The normalized spacial score (nSPS) is 12.4. The Morgan fingerprint density at radius 2 is 1.94 bits per heavy atom. The van der Waals surface area contributed by atoms with Crippen molar-refractivity contribution in [1.29, 1.82) is 0 Å². The highest BCUT2D eigenvalue weighted by molar-refractivity contribution is 9.10. The van der Waals surface area contributed by atoms with Gasteiger partial charge in [-0.2, -0.15) is 0 Å². The van der Waals surface area contributed by atoms with Crippen LogP contribution in [0.15, 0.2) is 41.0 Å². The molecule has 0 fully saturated rings. The largest absolute Gasteiger partial charge is 0.261 e. The van der Waals surface area contributed by atoms with Gasteiger partial charge in [0.05, 0.1) is 0 Å². The Hall–Kier alpha value is -0.670. The monoisotopic (exact) mass is 367 g/mol. The fraction of sp³-hybridized carbons (Fsp3) is 0.267. The van der Waals surface area contributed by atoms with E-state index in [4.69, 9.17) is 0 Å². The third-order valence-electron chi connectivity index (χ3n) is 2.90. The lowest BCUT2D eigenvalue weighted by Gasteiger charge is -2.11. The maximum atomic E-state index is 4.44. The van der Waals surface area contributed by atoms with Crippen LogP contribution in [0.25, 0.3) is 0 Å². The second kappa shape index (κ2) is 5.98. The molecule has 1 nitrogen and oxygen atoms in total. The van der Waals surface area contributed by atoms with Crippen LogP contribution in [0, 0.1) is 13.8 Å². The minimum atomic E-state index is 0.305. The fourth-order valence-corrected chi connectivity index (χ4v) is 2.65. The summed E-state index contributed by atoms with van der Waals surface area (Å²) in [7, 11) is 0. The molecular weight excluding hydrogens is 354 g/mol. The zero-order valence-electron chi connectivity index (χ0n) is 10.5. The van der Waals surface area contributed by atoms with Gasteiger partial charge in [0.1, 0.15) is 0 Å². The van der Waals surface area contributed by atoms with Crippen molar-refractivity contribution < 1.29 is 0 Å². The smallest absolute Gasteiger partial charge is 0.0450 e. The lowest BCUT2D eigenvalue weighted by molar-refractivity contribution is 0.900. The van der Waals surface area contributed by atoms with Crippen molar-refractivity contribution in [3.8, 4) is 0 Å². The van der Waals surface area contributed by atoms with E-state index in [9.17, 15) is 0 Å².